The van der Waals surface area contributed by atoms with Gasteiger partial charge in [0.15, 0.2) is 0 Å². The average molecular weight is 501 g/mol. The van der Waals surface area contributed by atoms with Gasteiger partial charge in [0, 0.05) is 37.4 Å². The summed E-state index contributed by atoms with van der Waals surface area (Å²) in [4.78, 5) is 18.1. The summed E-state index contributed by atoms with van der Waals surface area (Å²) >= 11 is 0. The van der Waals surface area contributed by atoms with E-state index in [0.29, 0.717) is 0 Å². The lowest BCUT2D eigenvalue weighted by atomic mass is 9.78. The Bertz CT molecular complexity index is 1160. The van der Waals surface area contributed by atoms with E-state index in [1.165, 1.54) is 11.3 Å². The normalized spacial score (nSPS) is 15.9. The van der Waals surface area contributed by atoms with Crippen molar-refractivity contribution in [2.75, 3.05) is 44.7 Å². The van der Waals surface area contributed by atoms with E-state index < -0.39 is 5.41 Å². The molecule has 0 radical (unpaired) electrons. The first-order valence-electron chi connectivity index (χ1n) is 13.4. The maximum atomic E-state index is 13.1. The van der Waals surface area contributed by atoms with Gasteiger partial charge < -0.3 is 14.4 Å². The third-order valence-electron chi connectivity index (χ3n) is 7.36. The number of anilines is 1. The second-order valence-electron chi connectivity index (χ2n) is 10.3. The van der Waals surface area contributed by atoms with Crippen molar-refractivity contribution in [3.8, 4) is 16.9 Å². The van der Waals surface area contributed by atoms with E-state index in [1.807, 2.05) is 63.2 Å². The van der Waals surface area contributed by atoms with E-state index in [0.717, 1.165) is 62.4 Å². The van der Waals surface area contributed by atoms with Gasteiger partial charge in [-0.05, 0) is 69.5 Å². The van der Waals surface area contributed by atoms with Gasteiger partial charge in [-0.1, -0.05) is 60.7 Å². The van der Waals surface area contributed by atoms with Gasteiger partial charge in [0.2, 0.25) is 0 Å². The van der Waals surface area contributed by atoms with Gasteiger partial charge in [-0.15, -0.1) is 0 Å². The van der Waals surface area contributed by atoms with Crippen LogP contribution in [0.1, 0.15) is 39.2 Å². The van der Waals surface area contributed by atoms with Crippen LogP contribution >= 0.6 is 0 Å². The first-order valence-corrected chi connectivity index (χ1v) is 13.4. The van der Waals surface area contributed by atoms with Crippen molar-refractivity contribution >= 4 is 11.7 Å². The summed E-state index contributed by atoms with van der Waals surface area (Å²) in [6, 6.07) is 27.0. The number of hydrogen-bond donors (Lipinski definition) is 0. The molecule has 3 aromatic rings. The molecule has 4 rings (SSSR count). The van der Waals surface area contributed by atoms with E-state index in [-0.39, 0.29) is 12.1 Å². The Morgan fingerprint density at radius 2 is 1.62 bits per heavy atom. The Kier molecular flexibility index (Phi) is 8.88. The van der Waals surface area contributed by atoms with Crippen LogP contribution < -0.4 is 9.64 Å². The highest BCUT2D eigenvalue weighted by atomic mass is 16.5. The predicted octanol–water partition coefficient (Wildman–Crippen LogP) is 6.17. The van der Waals surface area contributed by atoms with Crippen LogP contribution in [0.15, 0.2) is 78.9 Å². The third kappa shape index (κ3) is 6.53. The quantitative estimate of drug-likeness (QED) is 0.311. The summed E-state index contributed by atoms with van der Waals surface area (Å²) in [5, 5.41) is 0. The summed E-state index contributed by atoms with van der Waals surface area (Å²) in [7, 11) is 1.72. The highest BCUT2D eigenvalue weighted by Gasteiger charge is 2.37. The number of carbonyl (C=O) groups excluding carboxylic acids is 1. The molecule has 0 aromatic heterocycles. The summed E-state index contributed by atoms with van der Waals surface area (Å²) in [5.74, 6) is 0.762. The first-order chi connectivity index (χ1) is 17.9. The Morgan fingerprint density at radius 3 is 2.32 bits per heavy atom. The van der Waals surface area contributed by atoms with Crippen molar-refractivity contribution in [3.05, 3.63) is 84.4 Å². The smallest absolute Gasteiger partial charge is 0.316 e. The van der Waals surface area contributed by atoms with E-state index in [4.69, 9.17) is 9.47 Å². The van der Waals surface area contributed by atoms with Crippen LogP contribution in [-0.4, -0.2) is 56.8 Å². The van der Waals surface area contributed by atoms with Crippen LogP contribution in [0.25, 0.3) is 11.1 Å². The summed E-state index contributed by atoms with van der Waals surface area (Å²) in [6.45, 7) is 10.8. The van der Waals surface area contributed by atoms with Gasteiger partial charge in [-0.25, -0.2) is 0 Å². The lowest BCUT2D eigenvalue weighted by Crippen LogP contribution is -2.47. The maximum absolute atomic E-state index is 13.1. The summed E-state index contributed by atoms with van der Waals surface area (Å²) in [5.41, 5.74) is 3.93. The van der Waals surface area contributed by atoms with Crippen LogP contribution in [0.4, 0.5) is 5.69 Å². The molecule has 5 heteroatoms. The Morgan fingerprint density at radius 1 is 0.919 bits per heavy atom. The molecule has 1 fully saturated rings. The molecule has 1 heterocycles. The monoisotopic (exact) mass is 500 g/mol. The van der Waals surface area contributed by atoms with Crippen LogP contribution in [0, 0.1) is 0 Å². The third-order valence-corrected chi connectivity index (χ3v) is 7.36. The largest absolute Gasteiger partial charge is 0.496 e. The molecule has 0 aliphatic carbocycles. The van der Waals surface area contributed by atoms with Crippen LogP contribution in [0.2, 0.25) is 0 Å². The van der Waals surface area contributed by atoms with Crippen LogP contribution in [0.5, 0.6) is 5.75 Å². The zero-order valence-electron chi connectivity index (χ0n) is 22.7. The number of nitrogens with zero attached hydrogens (tertiary/aromatic N) is 2. The molecule has 3 aromatic carbocycles. The molecule has 1 atom stereocenters. The van der Waals surface area contributed by atoms with Crippen LogP contribution in [0.3, 0.4) is 0 Å². The number of benzene rings is 3. The molecule has 1 saturated heterocycles. The van der Waals surface area contributed by atoms with E-state index >= 15 is 0 Å². The highest BCUT2D eigenvalue weighted by Crippen LogP contribution is 2.33. The summed E-state index contributed by atoms with van der Waals surface area (Å²) in [6.07, 6.45) is 1.59. The van der Waals surface area contributed by atoms with Crippen molar-refractivity contribution in [1.82, 2.24) is 4.90 Å². The molecule has 37 heavy (non-hydrogen) atoms. The zero-order chi connectivity index (χ0) is 26.3. The number of hydrogen-bond acceptors (Lipinski definition) is 5. The Labute approximate surface area is 222 Å². The molecule has 0 saturated carbocycles. The minimum absolute atomic E-state index is 0.120. The van der Waals surface area contributed by atoms with Crippen molar-refractivity contribution in [2.24, 2.45) is 0 Å². The minimum atomic E-state index is -0.633. The summed E-state index contributed by atoms with van der Waals surface area (Å²) < 4.78 is 11.2. The van der Waals surface area contributed by atoms with E-state index in [1.54, 1.807) is 7.11 Å². The lowest BCUT2D eigenvalue weighted by molar-refractivity contribution is -0.154. The number of piperazine rings is 1. The topological polar surface area (TPSA) is 42.0 Å². The van der Waals surface area contributed by atoms with Gasteiger partial charge >= 0.3 is 5.97 Å². The van der Waals surface area contributed by atoms with Crippen LogP contribution in [-0.2, 0) is 14.9 Å². The molecule has 0 N–H and O–H groups in total. The van der Waals surface area contributed by atoms with Gasteiger partial charge in [0.05, 0.1) is 18.6 Å². The van der Waals surface area contributed by atoms with Gasteiger partial charge in [0.1, 0.15) is 5.75 Å². The minimum Gasteiger partial charge on any atom is -0.496 e. The molecular formula is C32H40N2O3. The maximum Gasteiger partial charge on any atom is 0.316 e. The van der Waals surface area contributed by atoms with Crippen molar-refractivity contribution in [3.63, 3.8) is 0 Å². The average Bonchev–Trinajstić information content (AvgIpc) is 2.93. The number of methoxy groups -OCH3 is 1. The fourth-order valence-corrected chi connectivity index (χ4v) is 5.15. The van der Waals surface area contributed by atoms with Gasteiger partial charge in [-0.2, -0.15) is 0 Å². The molecule has 196 valence electrons. The molecule has 0 bridgehead atoms. The zero-order valence-corrected chi connectivity index (χ0v) is 22.7. The Hall–Kier alpha value is -3.31. The molecule has 0 spiro atoms. The van der Waals surface area contributed by atoms with Crippen molar-refractivity contribution in [2.45, 2.75) is 45.1 Å². The van der Waals surface area contributed by atoms with Gasteiger partial charge in [0.25, 0.3) is 0 Å². The molecule has 1 aliphatic heterocycles. The number of para-hydroxylation sites is 1. The highest BCUT2D eigenvalue weighted by molar-refractivity contribution is 5.82. The van der Waals surface area contributed by atoms with Gasteiger partial charge in [-0.3, -0.25) is 9.69 Å². The predicted molar refractivity (Wildman–Crippen MR) is 151 cm³/mol. The molecule has 5 nitrogen and oxygen atoms in total. The molecular weight excluding hydrogens is 460 g/mol. The fourth-order valence-electron chi connectivity index (χ4n) is 5.15. The molecule has 0 amide bonds. The first kappa shape index (κ1) is 26.7. The lowest BCUT2D eigenvalue weighted by Gasteiger charge is -2.37. The fraction of sp³-hybridized carbons (Fsp3) is 0.406. The number of carbonyl (C=O) groups is 1. The molecule has 1 unspecified atom stereocenters. The number of esters is 1. The number of rotatable bonds is 10. The molecule has 1 aliphatic rings. The second kappa shape index (κ2) is 12.3. The van der Waals surface area contributed by atoms with E-state index in [2.05, 4.69) is 46.2 Å². The van der Waals surface area contributed by atoms with Crippen molar-refractivity contribution in [1.29, 1.82) is 0 Å². The second-order valence-corrected chi connectivity index (χ2v) is 10.3. The van der Waals surface area contributed by atoms with E-state index in [9.17, 15) is 4.79 Å². The van der Waals surface area contributed by atoms with Crippen molar-refractivity contribution < 1.29 is 14.3 Å². The SMILES string of the molecule is COc1ccccc1-c1cccc(N2CCN(CCCC(C)(C(=O)OC(C)C)c3ccccc3)CC2)c1. The Balaban J connectivity index is 1.34. The standard InChI is InChI=1S/C32H40N2O3/c1-25(2)37-31(35)32(3,27-13-6-5-7-14-27)18-11-19-33-20-22-34(23-21-33)28-15-10-12-26(24-28)29-16-8-9-17-30(29)36-4/h5-10,12-17,24-25H,11,18-23H2,1-4H3. The number of ether oxygens (including phenoxy) is 2.